The first kappa shape index (κ1) is 14.0. The maximum absolute atomic E-state index is 10.9. The third kappa shape index (κ3) is 4.75. The summed E-state index contributed by atoms with van der Waals surface area (Å²) in [7, 11) is 0. The zero-order valence-corrected chi connectivity index (χ0v) is 11.0. The summed E-state index contributed by atoms with van der Waals surface area (Å²) in [5, 5.41) is 0. The smallest absolute Gasteiger partial charge is 0.302 e. The Kier molecular flexibility index (Phi) is 4.97. The molecule has 4 heteroatoms. The third-order valence-corrected chi connectivity index (χ3v) is 3.35. The van der Waals surface area contributed by atoms with Crippen molar-refractivity contribution in [3.05, 3.63) is 0 Å². The average molecular weight is 242 g/mol. The highest BCUT2D eigenvalue weighted by Gasteiger charge is 2.37. The molecule has 0 bridgehead atoms. The van der Waals surface area contributed by atoms with Crippen molar-refractivity contribution in [3.8, 4) is 0 Å². The van der Waals surface area contributed by atoms with E-state index in [1.165, 1.54) is 20.3 Å². The molecule has 0 aromatic heterocycles. The van der Waals surface area contributed by atoms with E-state index in [1.807, 2.05) is 0 Å². The second-order valence-electron chi connectivity index (χ2n) is 5.26. The molecule has 1 atom stereocenters. The Morgan fingerprint density at radius 2 is 1.71 bits per heavy atom. The van der Waals surface area contributed by atoms with E-state index in [0.717, 1.165) is 19.3 Å². The fourth-order valence-corrected chi connectivity index (χ4v) is 2.58. The van der Waals surface area contributed by atoms with Crippen molar-refractivity contribution in [2.24, 2.45) is 11.3 Å². The van der Waals surface area contributed by atoms with Crippen molar-refractivity contribution in [3.63, 3.8) is 0 Å². The molecule has 0 N–H and O–H groups in total. The standard InChI is InChI=1S/C13H22O4/c1-10-5-4-6-13(7-10,8-16-11(2)14)9-17-12(3)15/h10H,4-9H2,1-3H3/t10-/m1/s1. The first-order chi connectivity index (χ1) is 7.93. The number of ether oxygens (including phenoxy) is 2. The van der Waals surface area contributed by atoms with Crippen LogP contribution in [-0.2, 0) is 19.1 Å². The SMILES string of the molecule is CC(=O)OCC1(COC(C)=O)CCC[C@@H](C)C1. The number of hydrogen-bond donors (Lipinski definition) is 0. The van der Waals surface area contributed by atoms with Crippen molar-refractivity contribution in [1.82, 2.24) is 0 Å². The van der Waals surface area contributed by atoms with Crippen LogP contribution in [0.3, 0.4) is 0 Å². The average Bonchev–Trinajstić information content (AvgIpc) is 2.24. The van der Waals surface area contributed by atoms with E-state index in [2.05, 4.69) is 6.92 Å². The summed E-state index contributed by atoms with van der Waals surface area (Å²) < 4.78 is 10.3. The molecule has 0 aromatic rings. The van der Waals surface area contributed by atoms with Crippen molar-refractivity contribution < 1.29 is 19.1 Å². The molecule has 1 fully saturated rings. The van der Waals surface area contributed by atoms with Gasteiger partial charge in [0, 0.05) is 19.3 Å². The van der Waals surface area contributed by atoms with Gasteiger partial charge < -0.3 is 9.47 Å². The number of hydrogen-bond acceptors (Lipinski definition) is 4. The minimum atomic E-state index is -0.273. The molecule has 0 aromatic carbocycles. The van der Waals surface area contributed by atoms with Gasteiger partial charge >= 0.3 is 11.9 Å². The normalized spacial score (nSPS) is 22.9. The summed E-state index contributed by atoms with van der Waals surface area (Å²) >= 11 is 0. The summed E-state index contributed by atoms with van der Waals surface area (Å²) in [4.78, 5) is 21.8. The molecule has 17 heavy (non-hydrogen) atoms. The van der Waals surface area contributed by atoms with Crippen LogP contribution in [0.2, 0.25) is 0 Å². The van der Waals surface area contributed by atoms with Crippen LogP contribution in [0, 0.1) is 11.3 Å². The van der Waals surface area contributed by atoms with Gasteiger partial charge in [-0.3, -0.25) is 9.59 Å². The Morgan fingerprint density at radius 3 is 2.12 bits per heavy atom. The molecule has 1 aliphatic carbocycles. The van der Waals surface area contributed by atoms with Crippen LogP contribution >= 0.6 is 0 Å². The van der Waals surface area contributed by atoms with E-state index in [0.29, 0.717) is 19.1 Å². The van der Waals surface area contributed by atoms with Gasteiger partial charge in [-0.25, -0.2) is 0 Å². The van der Waals surface area contributed by atoms with Crippen molar-refractivity contribution in [1.29, 1.82) is 0 Å². The fraction of sp³-hybridized carbons (Fsp3) is 0.846. The summed E-state index contributed by atoms with van der Waals surface area (Å²) in [6.45, 7) is 5.73. The lowest BCUT2D eigenvalue weighted by Gasteiger charge is -2.38. The lowest BCUT2D eigenvalue weighted by Crippen LogP contribution is -2.38. The predicted molar refractivity (Wildman–Crippen MR) is 63.3 cm³/mol. The molecule has 98 valence electrons. The van der Waals surface area contributed by atoms with Gasteiger partial charge in [-0.15, -0.1) is 0 Å². The van der Waals surface area contributed by atoms with Crippen molar-refractivity contribution in [2.75, 3.05) is 13.2 Å². The van der Waals surface area contributed by atoms with Crippen LogP contribution in [0.25, 0.3) is 0 Å². The highest BCUT2D eigenvalue weighted by Crippen LogP contribution is 2.40. The van der Waals surface area contributed by atoms with Crippen LogP contribution in [0.1, 0.15) is 46.5 Å². The molecule has 0 radical (unpaired) electrons. The van der Waals surface area contributed by atoms with Gasteiger partial charge in [-0.2, -0.15) is 0 Å². The van der Waals surface area contributed by atoms with Crippen molar-refractivity contribution in [2.45, 2.75) is 46.5 Å². The largest absolute Gasteiger partial charge is 0.465 e. The van der Waals surface area contributed by atoms with E-state index in [9.17, 15) is 9.59 Å². The maximum Gasteiger partial charge on any atom is 0.302 e. The summed E-state index contributed by atoms with van der Waals surface area (Å²) in [5.74, 6) is 0.0470. The monoisotopic (exact) mass is 242 g/mol. The van der Waals surface area contributed by atoms with Gasteiger partial charge in [0.25, 0.3) is 0 Å². The minimum Gasteiger partial charge on any atom is -0.465 e. The second kappa shape index (κ2) is 6.03. The van der Waals surface area contributed by atoms with Gasteiger partial charge in [0.05, 0.1) is 0 Å². The summed E-state index contributed by atoms with van der Waals surface area (Å²) in [6, 6.07) is 0. The minimum absolute atomic E-state index is 0.172. The summed E-state index contributed by atoms with van der Waals surface area (Å²) in [6.07, 6.45) is 4.21. The number of carbonyl (C=O) groups excluding carboxylic acids is 2. The topological polar surface area (TPSA) is 52.6 Å². The molecule has 1 aliphatic rings. The Balaban J connectivity index is 2.61. The zero-order valence-electron chi connectivity index (χ0n) is 11.0. The summed E-state index contributed by atoms with van der Waals surface area (Å²) in [5.41, 5.74) is -0.172. The van der Waals surface area contributed by atoms with Crippen LogP contribution in [0.4, 0.5) is 0 Å². The maximum atomic E-state index is 10.9. The zero-order chi connectivity index (χ0) is 12.9. The molecule has 0 amide bonds. The van der Waals surface area contributed by atoms with Gasteiger partial charge in [0.2, 0.25) is 0 Å². The molecular weight excluding hydrogens is 220 g/mol. The fourth-order valence-electron chi connectivity index (χ4n) is 2.58. The molecule has 0 aliphatic heterocycles. The Labute approximate surface area is 103 Å². The highest BCUT2D eigenvalue weighted by molar-refractivity contribution is 5.66. The second-order valence-corrected chi connectivity index (χ2v) is 5.26. The first-order valence-corrected chi connectivity index (χ1v) is 6.20. The number of rotatable bonds is 4. The van der Waals surface area contributed by atoms with Crippen LogP contribution < -0.4 is 0 Å². The molecule has 0 unspecified atom stereocenters. The van der Waals surface area contributed by atoms with Crippen LogP contribution in [0.15, 0.2) is 0 Å². The lowest BCUT2D eigenvalue weighted by atomic mass is 9.71. The quantitative estimate of drug-likeness (QED) is 0.710. The van der Waals surface area contributed by atoms with Crippen LogP contribution in [-0.4, -0.2) is 25.2 Å². The molecule has 0 spiro atoms. The Hall–Kier alpha value is -1.06. The lowest BCUT2D eigenvalue weighted by molar-refractivity contribution is -0.154. The first-order valence-electron chi connectivity index (χ1n) is 6.20. The van der Waals surface area contributed by atoms with Gasteiger partial charge in [-0.1, -0.05) is 19.8 Å². The molecule has 4 nitrogen and oxygen atoms in total. The Morgan fingerprint density at radius 1 is 1.18 bits per heavy atom. The molecule has 0 saturated heterocycles. The third-order valence-electron chi connectivity index (χ3n) is 3.35. The molecule has 1 rings (SSSR count). The predicted octanol–water partition coefficient (Wildman–Crippen LogP) is 2.31. The number of carbonyl (C=O) groups is 2. The van der Waals surface area contributed by atoms with E-state index >= 15 is 0 Å². The number of esters is 2. The van der Waals surface area contributed by atoms with E-state index in [-0.39, 0.29) is 17.4 Å². The Bertz CT molecular complexity index is 267. The van der Waals surface area contributed by atoms with Crippen molar-refractivity contribution >= 4 is 11.9 Å². The van der Waals surface area contributed by atoms with E-state index in [1.54, 1.807) is 0 Å². The van der Waals surface area contributed by atoms with E-state index in [4.69, 9.17) is 9.47 Å². The molecule has 1 saturated carbocycles. The van der Waals surface area contributed by atoms with Gasteiger partial charge in [-0.05, 0) is 18.8 Å². The van der Waals surface area contributed by atoms with E-state index < -0.39 is 0 Å². The van der Waals surface area contributed by atoms with Crippen LogP contribution in [0.5, 0.6) is 0 Å². The highest BCUT2D eigenvalue weighted by atomic mass is 16.5. The molecule has 0 heterocycles. The molecular formula is C13H22O4. The van der Waals surface area contributed by atoms with Gasteiger partial charge in [0.1, 0.15) is 13.2 Å². The van der Waals surface area contributed by atoms with Gasteiger partial charge in [0.15, 0.2) is 0 Å².